The third kappa shape index (κ3) is 9.34. The van der Waals surface area contributed by atoms with Crippen LogP contribution in [-0.4, -0.2) is 96.1 Å². The van der Waals surface area contributed by atoms with Gasteiger partial charge < -0.3 is 25.3 Å². The van der Waals surface area contributed by atoms with E-state index in [1.54, 1.807) is 24.0 Å². The van der Waals surface area contributed by atoms with E-state index in [0.717, 1.165) is 25.9 Å². The second kappa shape index (κ2) is 13.5. The first-order valence-electron chi connectivity index (χ1n) is 14.4. The van der Waals surface area contributed by atoms with Crippen molar-refractivity contribution in [1.29, 1.82) is 0 Å². The maximum absolute atomic E-state index is 13.6. The lowest BCUT2D eigenvalue weighted by Gasteiger charge is -2.35. The maximum atomic E-state index is 13.6. The Hall–Kier alpha value is -3.87. The number of sulfonamides is 1. The first-order valence-corrected chi connectivity index (χ1v) is 16.0. The molecule has 4 heterocycles. The van der Waals surface area contributed by atoms with Crippen LogP contribution in [0, 0.1) is 12.3 Å². The Morgan fingerprint density at radius 2 is 1.54 bits per heavy atom. The zero-order valence-electron chi connectivity index (χ0n) is 24.8. The van der Waals surface area contributed by atoms with Crippen LogP contribution in [0.25, 0.3) is 0 Å². The van der Waals surface area contributed by atoms with Gasteiger partial charge in [0.1, 0.15) is 11.6 Å². The molecular weight excluding hydrogens is 645 g/mol. The van der Waals surface area contributed by atoms with Crippen molar-refractivity contribution in [3.63, 3.8) is 0 Å². The Labute approximate surface area is 261 Å². The van der Waals surface area contributed by atoms with Crippen molar-refractivity contribution in [2.45, 2.75) is 57.5 Å². The zero-order chi connectivity index (χ0) is 33.9. The van der Waals surface area contributed by atoms with Crippen molar-refractivity contribution in [3.8, 4) is 0 Å². The predicted octanol–water partition coefficient (Wildman–Crippen LogP) is 3.42. The van der Waals surface area contributed by atoms with Gasteiger partial charge in [-0.15, -0.1) is 0 Å². The highest BCUT2D eigenvalue weighted by Gasteiger charge is 2.45. The Morgan fingerprint density at radius 1 is 0.957 bits per heavy atom. The molecule has 3 fully saturated rings. The summed E-state index contributed by atoms with van der Waals surface area (Å²) in [6.45, 7) is 2.88. The van der Waals surface area contributed by atoms with Crippen LogP contribution in [0.2, 0.25) is 0 Å². The van der Waals surface area contributed by atoms with Gasteiger partial charge in [0.15, 0.2) is 0 Å². The lowest BCUT2D eigenvalue weighted by molar-refractivity contribution is -0.192. The largest absolute Gasteiger partial charge is 0.490 e. The third-order valence-corrected chi connectivity index (χ3v) is 9.21. The predicted molar refractivity (Wildman–Crippen MR) is 157 cm³/mol. The number of carbonyl (C=O) groups is 2. The first kappa shape index (κ1) is 35.0. The smallest absolute Gasteiger partial charge is 0.475 e. The maximum Gasteiger partial charge on any atom is 0.490 e. The number of anilines is 4. The molecule has 2 aliphatic heterocycles. The summed E-state index contributed by atoms with van der Waals surface area (Å²) in [5.41, 5.74) is 1.77. The summed E-state index contributed by atoms with van der Waals surface area (Å²) in [5, 5.41) is 19.0. The fraction of sp³-hybridized carbons (Fsp3) is 0.593. The number of amides is 1. The van der Waals surface area contributed by atoms with Crippen molar-refractivity contribution in [3.05, 3.63) is 29.6 Å². The van der Waals surface area contributed by atoms with E-state index in [1.165, 1.54) is 19.0 Å². The molecule has 3 aliphatic rings. The molecule has 2 saturated heterocycles. The van der Waals surface area contributed by atoms with E-state index in [2.05, 4.69) is 29.9 Å². The van der Waals surface area contributed by atoms with E-state index in [1.807, 2.05) is 0 Å². The molecule has 4 N–H and O–H groups in total. The third-order valence-electron chi connectivity index (χ3n) is 7.97. The number of piperidine rings is 2. The van der Waals surface area contributed by atoms with Crippen LogP contribution in [0.1, 0.15) is 54.6 Å². The highest BCUT2D eigenvalue weighted by Crippen LogP contribution is 2.54. The fourth-order valence-corrected chi connectivity index (χ4v) is 5.91. The second-order valence-corrected chi connectivity index (χ2v) is 13.4. The summed E-state index contributed by atoms with van der Waals surface area (Å²) >= 11 is 0. The molecule has 5 rings (SSSR count). The number of carboxylic acid groups (broad SMARTS) is 1. The minimum absolute atomic E-state index is 0.0591. The molecule has 1 aliphatic carbocycles. The van der Waals surface area contributed by atoms with Crippen LogP contribution < -0.4 is 19.8 Å². The number of pyridine rings is 1. The Morgan fingerprint density at radius 3 is 2.09 bits per heavy atom. The van der Waals surface area contributed by atoms with Gasteiger partial charge in [0.2, 0.25) is 16.0 Å². The number of rotatable bonds is 8. The molecule has 2 aromatic heterocycles. The van der Waals surface area contributed by atoms with Gasteiger partial charge in [-0.3, -0.25) is 9.52 Å². The normalized spacial score (nSPS) is 18.8. The second-order valence-electron chi connectivity index (χ2n) is 11.5. The van der Waals surface area contributed by atoms with Gasteiger partial charge in [-0.05, 0) is 38.0 Å². The lowest BCUT2D eigenvalue weighted by atomic mass is 9.93. The number of aliphatic hydroxyl groups excluding tert-OH is 1. The molecule has 0 atom stereocenters. The van der Waals surface area contributed by atoms with Gasteiger partial charge in [0, 0.05) is 63.0 Å². The molecule has 19 heteroatoms. The number of aromatic nitrogens is 3. The molecular formula is C27H34F5N7O6S. The molecule has 1 saturated carbocycles. The van der Waals surface area contributed by atoms with Gasteiger partial charge >= 0.3 is 12.1 Å². The van der Waals surface area contributed by atoms with Gasteiger partial charge in [0.25, 0.3) is 11.8 Å². The van der Waals surface area contributed by atoms with Gasteiger partial charge in [-0.2, -0.15) is 18.2 Å². The van der Waals surface area contributed by atoms with Gasteiger partial charge in [0.05, 0.1) is 23.6 Å². The number of nitrogens with zero attached hydrogens (tertiary/aromatic N) is 5. The number of carboxylic acids is 1. The minimum atomic E-state index is -5.08. The molecule has 1 amide bonds. The van der Waals surface area contributed by atoms with Crippen LogP contribution >= 0.6 is 0 Å². The monoisotopic (exact) mass is 679 g/mol. The minimum Gasteiger partial charge on any atom is -0.475 e. The average molecular weight is 680 g/mol. The summed E-state index contributed by atoms with van der Waals surface area (Å²) < 4.78 is 85.8. The number of hydrogen-bond acceptors (Lipinski definition) is 10. The molecule has 0 radical (unpaired) electrons. The number of aryl methyl sites for hydroxylation is 1. The number of aliphatic hydroxyl groups is 1. The van der Waals surface area contributed by atoms with Crippen molar-refractivity contribution in [1.82, 2.24) is 15.0 Å². The topological polar surface area (TPSA) is 178 Å². The molecule has 0 bridgehead atoms. The number of halogens is 5. The quantitative estimate of drug-likeness (QED) is 0.301. The van der Waals surface area contributed by atoms with Gasteiger partial charge in [-0.1, -0.05) is 0 Å². The van der Waals surface area contributed by atoms with Crippen LogP contribution in [0.5, 0.6) is 0 Å². The van der Waals surface area contributed by atoms with Crippen molar-refractivity contribution < 1.29 is 50.2 Å². The summed E-state index contributed by atoms with van der Waals surface area (Å²) in [4.78, 5) is 39.1. The molecule has 46 heavy (non-hydrogen) atoms. The van der Waals surface area contributed by atoms with E-state index >= 15 is 0 Å². The standard InChI is InChI=1S/C25H33F2N7O4S.C2HF3O2/c1-17-14-21(31-23(29-17)34-10-6-25(26,27)7-11-34)30-22(36)18-16-28-20(32-39(37,38)13-12-35)15-19(18)33-8-4-24(2-3-24)5-9-33;3-2(4,5)1(6)7/h14-16,35H,2-13H2,1H3,(H,28,32)(H,29,30,31,36);(H,6,7). The highest BCUT2D eigenvalue weighted by molar-refractivity contribution is 7.92. The summed E-state index contributed by atoms with van der Waals surface area (Å²) in [6.07, 6.45) is 0.0714. The molecule has 0 aromatic carbocycles. The Bertz CT molecular complexity index is 1540. The van der Waals surface area contributed by atoms with Crippen LogP contribution in [-0.2, 0) is 14.8 Å². The van der Waals surface area contributed by atoms with Crippen LogP contribution in [0.15, 0.2) is 18.3 Å². The highest BCUT2D eigenvalue weighted by atomic mass is 32.2. The molecule has 0 unspecified atom stereocenters. The van der Waals surface area contributed by atoms with E-state index in [4.69, 9.17) is 15.0 Å². The average Bonchev–Trinajstić information content (AvgIpc) is 3.71. The first-order chi connectivity index (χ1) is 21.4. The molecule has 1 spiro atoms. The number of nitrogens with one attached hydrogen (secondary N) is 2. The SMILES string of the molecule is Cc1cc(NC(=O)c2cnc(NS(=O)(=O)CCO)cc2N2CCC3(CC2)CC3)nc(N2CCC(F)(F)CC2)n1.O=C(O)C(F)(F)F. The van der Waals surface area contributed by atoms with E-state index < -0.39 is 46.4 Å². The van der Waals surface area contributed by atoms with Crippen molar-refractivity contribution in [2.24, 2.45) is 5.41 Å². The lowest BCUT2D eigenvalue weighted by Crippen LogP contribution is -2.40. The summed E-state index contributed by atoms with van der Waals surface area (Å²) in [6, 6.07) is 3.14. The zero-order valence-corrected chi connectivity index (χ0v) is 25.6. The summed E-state index contributed by atoms with van der Waals surface area (Å²) in [7, 11) is -3.80. The van der Waals surface area contributed by atoms with Crippen molar-refractivity contribution >= 4 is 45.2 Å². The Balaban J connectivity index is 0.000000617. The number of carbonyl (C=O) groups excluding carboxylic acids is 1. The fourth-order valence-electron chi connectivity index (χ4n) is 5.14. The number of hydrogen-bond donors (Lipinski definition) is 4. The summed E-state index contributed by atoms with van der Waals surface area (Å²) in [5.74, 6) is -5.85. The molecule has 13 nitrogen and oxygen atoms in total. The van der Waals surface area contributed by atoms with Gasteiger partial charge in [-0.25, -0.2) is 32.0 Å². The molecule has 254 valence electrons. The van der Waals surface area contributed by atoms with E-state index in [-0.39, 0.29) is 49.1 Å². The van der Waals surface area contributed by atoms with Crippen LogP contribution in [0.3, 0.4) is 0 Å². The van der Waals surface area contributed by atoms with Crippen molar-refractivity contribution in [2.75, 3.05) is 58.4 Å². The van der Waals surface area contributed by atoms with E-state index in [0.29, 0.717) is 16.8 Å². The van der Waals surface area contributed by atoms with E-state index in [9.17, 15) is 35.2 Å². The van der Waals surface area contributed by atoms with Crippen LogP contribution in [0.4, 0.5) is 45.2 Å². The molecule has 2 aromatic rings. The Kier molecular flexibility index (Phi) is 10.2. The number of aliphatic carboxylic acids is 1. The number of alkyl halides is 5.